The second kappa shape index (κ2) is 5.88. The maximum atomic E-state index is 12.8. The van der Waals surface area contributed by atoms with E-state index in [9.17, 15) is 21.6 Å². The van der Waals surface area contributed by atoms with Crippen LogP contribution in [0.25, 0.3) is 11.3 Å². The Labute approximate surface area is 139 Å². The molecule has 2 aromatic rings. The van der Waals surface area contributed by atoms with Gasteiger partial charge in [-0.1, -0.05) is 32.9 Å². The molecule has 0 amide bonds. The summed E-state index contributed by atoms with van der Waals surface area (Å²) >= 11 is 0. The second-order valence-corrected chi connectivity index (χ2v) is 8.53. The van der Waals surface area contributed by atoms with Crippen molar-refractivity contribution in [2.24, 2.45) is 0 Å². The standard InChI is InChI=1S/C17H18F3NO2S/c1-11-8-9-12(24(22,23)17(18,19)20)10-13(11)14-6-5-7-15(21-14)16(2,3)4/h5-10H,1-4H3. The Hall–Kier alpha value is -1.89. The van der Waals surface area contributed by atoms with Crippen LogP contribution in [0.5, 0.6) is 0 Å². The molecule has 0 unspecified atom stereocenters. The van der Waals surface area contributed by atoms with Crippen LogP contribution in [0, 0.1) is 6.92 Å². The van der Waals surface area contributed by atoms with Crippen LogP contribution in [-0.2, 0) is 15.3 Å². The second-order valence-electron chi connectivity index (χ2n) is 6.58. The van der Waals surface area contributed by atoms with Gasteiger partial charge in [0.15, 0.2) is 0 Å². The van der Waals surface area contributed by atoms with Crippen LogP contribution in [-0.4, -0.2) is 18.9 Å². The highest BCUT2D eigenvalue weighted by molar-refractivity contribution is 7.92. The molecule has 2 rings (SSSR count). The molecule has 0 atom stereocenters. The predicted octanol–water partition coefficient (Wildman–Crippen LogP) is 4.65. The van der Waals surface area contributed by atoms with Crippen LogP contribution in [0.4, 0.5) is 13.2 Å². The van der Waals surface area contributed by atoms with E-state index in [-0.39, 0.29) is 5.41 Å². The number of pyridine rings is 1. The quantitative estimate of drug-likeness (QED) is 0.786. The SMILES string of the molecule is Cc1ccc(S(=O)(=O)C(F)(F)F)cc1-c1cccc(C(C)(C)C)n1. The topological polar surface area (TPSA) is 47.0 Å². The summed E-state index contributed by atoms with van der Waals surface area (Å²) in [6, 6.07) is 8.60. The lowest BCUT2D eigenvalue weighted by Gasteiger charge is -2.19. The molecule has 0 saturated carbocycles. The maximum Gasteiger partial charge on any atom is 0.501 e. The minimum Gasteiger partial charge on any atom is -0.252 e. The van der Waals surface area contributed by atoms with Gasteiger partial charge in [-0.05, 0) is 36.8 Å². The third kappa shape index (κ3) is 3.45. The smallest absolute Gasteiger partial charge is 0.252 e. The zero-order valence-corrected chi connectivity index (χ0v) is 14.6. The number of rotatable bonds is 2. The molecule has 0 saturated heterocycles. The van der Waals surface area contributed by atoms with E-state index in [1.165, 1.54) is 6.07 Å². The molecular weight excluding hydrogens is 339 g/mol. The molecule has 0 aliphatic heterocycles. The summed E-state index contributed by atoms with van der Waals surface area (Å²) in [6.45, 7) is 7.61. The van der Waals surface area contributed by atoms with E-state index in [2.05, 4.69) is 4.98 Å². The largest absolute Gasteiger partial charge is 0.501 e. The van der Waals surface area contributed by atoms with E-state index in [1.54, 1.807) is 19.1 Å². The van der Waals surface area contributed by atoms with Gasteiger partial charge >= 0.3 is 5.51 Å². The van der Waals surface area contributed by atoms with Crippen molar-refractivity contribution in [1.29, 1.82) is 0 Å². The van der Waals surface area contributed by atoms with Crippen molar-refractivity contribution in [3.05, 3.63) is 47.7 Å². The minimum atomic E-state index is -5.39. The van der Waals surface area contributed by atoms with E-state index in [4.69, 9.17) is 0 Å². The number of sulfone groups is 1. The lowest BCUT2D eigenvalue weighted by molar-refractivity contribution is -0.0436. The lowest BCUT2D eigenvalue weighted by atomic mass is 9.91. The monoisotopic (exact) mass is 357 g/mol. The zero-order valence-electron chi connectivity index (χ0n) is 13.8. The molecular formula is C17H18F3NO2S. The molecule has 0 aliphatic carbocycles. The van der Waals surface area contributed by atoms with E-state index in [1.807, 2.05) is 26.8 Å². The molecule has 0 bridgehead atoms. The highest BCUT2D eigenvalue weighted by Crippen LogP contribution is 2.33. The van der Waals surface area contributed by atoms with Crippen molar-refractivity contribution in [1.82, 2.24) is 4.98 Å². The molecule has 0 spiro atoms. The number of hydrogen-bond acceptors (Lipinski definition) is 3. The Morgan fingerprint density at radius 3 is 2.17 bits per heavy atom. The fourth-order valence-corrected chi connectivity index (χ4v) is 2.97. The van der Waals surface area contributed by atoms with Crippen LogP contribution < -0.4 is 0 Å². The molecule has 7 heteroatoms. The van der Waals surface area contributed by atoms with Gasteiger partial charge in [-0.2, -0.15) is 13.2 Å². The summed E-state index contributed by atoms with van der Waals surface area (Å²) in [7, 11) is -5.39. The summed E-state index contributed by atoms with van der Waals surface area (Å²) < 4.78 is 61.6. The maximum absolute atomic E-state index is 12.8. The molecule has 0 radical (unpaired) electrons. The minimum absolute atomic E-state index is 0.237. The first-order chi connectivity index (χ1) is 10.8. The molecule has 0 N–H and O–H groups in total. The summed E-state index contributed by atoms with van der Waals surface area (Å²) in [4.78, 5) is 3.71. The van der Waals surface area contributed by atoms with Gasteiger partial charge in [0.2, 0.25) is 0 Å². The number of benzene rings is 1. The Morgan fingerprint density at radius 2 is 1.62 bits per heavy atom. The van der Waals surface area contributed by atoms with E-state index in [0.29, 0.717) is 16.8 Å². The van der Waals surface area contributed by atoms with Crippen molar-refractivity contribution in [3.8, 4) is 11.3 Å². The van der Waals surface area contributed by atoms with Crippen LogP contribution in [0.2, 0.25) is 0 Å². The van der Waals surface area contributed by atoms with Gasteiger partial charge in [-0.25, -0.2) is 8.42 Å². The molecule has 1 aromatic carbocycles. The van der Waals surface area contributed by atoms with Crippen LogP contribution in [0.15, 0.2) is 41.3 Å². The molecule has 1 heterocycles. The van der Waals surface area contributed by atoms with Gasteiger partial charge in [0.05, 0.1) is 10.6 Å². The number of aryl methyl sites for hydroxylation is 1. The Morgan fingerprint density at radius 1 is 1.00 bits per heavy atom. The molecule has 0 aliphatic rings. The van der Waals surface area contributed by atoms with Crippen molar-refractivity contribution in [2.45, 2.75) is 43.5 Å². The Bertz CT molecular complexity index is 866. The first-order valence-electron chi connectivity index (χ1n) is 7.24. The van der Waals surface area contributed by atoms with E-state index >= 15 is 0 Å². The summed E-state index contributed by atoms with van der Waals surface area (Å²) in [6.07, 6.45) is 0. The van der Waals surface area contributed by atoms with Gasteiger partial charge in [0.25, 0.3) is 9.84 Å². The number of hydrogen-bond donors (Lipinski definition) is 0. The van der Waals surface area contributed by atoms with Crippen LogP contribution in [0.3, 0.4) is 0 Å². The normalized spacial score (nSPS) is 13.1. The molecule has 130 valence electrons. The average Bonchev–Trinajstić information content (AvgIpc) is 2.45. The van der Waals surface area contributed by atoms with Crippen molar-refractivity contribution >= 4 is 9.84 Å². The number of halogens is 3. The molecule has 0 fully saturated rings. The van der Waals surface area contributed by atoms with Crippen LogP contribution >= 0.6 is 0 Å². The van der Waals surface area contributed by atoms with Gasteiger partial charge in [-0.3, -0.25) is 4.98 Å². The fraction of sp³-hybridized carbons (Fsp3) is 0.353. The van der Waals surface area contributed by atoms with E-state index in [0.717, 1.165) is 17.8 Å². The fourth-order valence-electron chi connectivity index (χ4n) is 2.18. The third-order valence-electron chi connectivity index (χ3n) is 3.62. The van der Waals surface area contributed by atoms with Crippen molar-refractivity contribution < 1.29 is 21.6 Å². The van der Waals surface area contributed by atoms with Crippen molar-refractivity contribution in [2.75, 3.05) is 0 Å². The van der Waals surface area contributed by atoms with Gasteiger partial charge in [0.1, 0.15) is 0 Å². The zero-order chi connectivity index (χ0) is 18.3. The Kier molecular flexibility index (Phi) is 4.52. The summed E-state index contributed by atoms with van der Waals surface area (Å²) in [5.74, 6) is 0. The first kappa shape index (κ1) is 18.4. The summed E-state index contributed by atoms with van der Waals surface area (Å²) in [5, 5.41) is 0. The molecule has 24 heavy (non-hydrogen) atoms. The van der Waals surface area contributed by atoms with Gasteiger partial charge in [-0.15, -0.1) is 0 Å². The highest BCUT2D eigenvalue weighted by Gasteiger charge is 2.47. The third-order valence-corrected chi connectivity index (χ3v) is 5.10. The van der Waals surface area contributed by atoms with Gasteiger partial charge in [0, 0.05) is 16.7 Å². The average molecular weight is 357 g/mol. The lowest BCUT2D eigenvalue weighted by Crippen LogP contribution is -2.23. The first-order valence-corrected chi connectivity index (χ1v) is 8.72. The van der Waals surface area contributed by atoms with Crippen LogP contribution in [0.1, 0.15) is 32.0 Å². The molecule has 1 aromatic heterocycles. The number of alkyl halides is 3. The molecule has 3 nitrogen and oxygen atoms in total. The Balaban J connectivity index is 2.63. The highest BCUT2D eigenvalue weighted by atomic mass is 32.2. The van der Waals surface area contributed by atoms with Crippen molar-refractivity contribution in [3.63, 3.8) is 0 Å². The van der Waals surface area contributed by atoms with Gasteiger partial charge < -0.3 is 0 Å². The number of nitrogens with zero attached hydrogens (tertiary/aromatic N) is 1. The van der Waals surface area contributed by atoms with E-state index < -0.39 is 20.2 Å². The predicted molar refractivity (Wildman–Crippen MR) is 86.4 cm³/mol. The summed E-state index contributed by atoms with van der Waals surface area (Å²) in [5.41, 5.74) is -3.34. The number of aromatic nitrogens is 1.